The second-order valence-corrected chi connectivity index (χ2v) is 7.34. The molecule has 1 aromatic heterocycles. The van der Waals surface area contributed by atoms with Crippen molar-refractivity contribution in [1.29, 1.82) is 0 Å². The normalized spacial score (nSPS) is 24.0. The molecule has 0 bridgehead atoms. The quantitative estimate of drug-likeness (QED) is 0.725. The number of carbonyl (C=O) groups is 1. The van der Waals surface area contributed by atoms with Crippen LogP contribution in [-0.4, -0.2) is 22.7 Å². The van der Waals surface area contributed by atoms with Crippen molar-refractivity contribution in [3.8, 4) is 0 Å². The van der Waals surface area contributed by atoms with E-state index in [9.17, 15) is 4.79 Å². The third kappa shape index (κ3) is 2.37. The Hall–Kier alpha value is -2.88. The van der Waals surface area contributed by atoms with Crippen LogP contribution in [0.4, 0.5) is 5.69 Å². The predicted molar refractivity (Wildman–Crippen MR) is 101 cm³/mol. The molecule has 5 rings (SSSR count). The second-order valence-electron chi connectivity index (χ2n) is 7.34. The maximum absolute atomic E-state index is 13.3. The van der Waals surface area contributed by atoms with Crippen molar-refractivity contribution < 1.29 is 4.79 Å². The standard InChI is InChI=1S/C22H21N3O/c1-24-20-10-6-5-9-17(20)18-14-19(18)21(22(24)26)25-16(11-12-23-25)13-15-7-3-2-4-8-15/h2-12,18-19,21H,13-14H2,1H3. The predicted octanol–water partition coefficient (Wildman–Crippen LogP) is 3.80. The van der Waals surface area contributed by atoms with Crippen molar-refractivity contribution in [2.24, 2.45) is 5.92 Å². The van der Waals surface area contributed by atoms with Gasteiger partial charge < -0.3 is 4.90 Å². The highest BCUT2D eigenvalue weighted by atomic mass is 16.2. The summed E-state index contributed by atoms with van der Waals surface area (Å²) in [5.74, 6) is 0.933. The van der Waals surface area contributed by atoms with Crippen LogP contribution in [-0.2, 0) is 11.2 Å². The molecular weight excluding hydrogens is 322 g/mol. The first-order valence-electron chi connectivity index (χ1n) is 9.17. The summed E-state index contributed by atoms with van der Waals surface area (Å²) in [6.45, 7) is 0. The van der Waals surface area contributed by atoms with E-state index >= 15 is 0 Å². The highest BCUT2D eigenvalue weighted by molar-refractivity contribution is 5.98. The van der Waals surface area contributed by atoms with Gasteiger partial charge in [0, 0.05) is 31.0 Å². The minimum Gasteiger partial charge on any atom is -0.313 e. The first kappa shape index (κ1) is 15.4. The summed E-state index contributed by atoms with van der Waals surface area (Å²) in [4.78, 5) is 15.1. The number of anilines is 1. The van der Waals surface area contributed by atoms with E-state index < -0.39 is 0 Å². The lowest BCUT2D eigenvalue weighted by Crippen LogP contribution is -2.36. The Morgan fingerprint density at radius 1 is 1.04 bits per heavy atom. The van der Waals surface area contributed by atoms with Crippen LogP contribution in [0.5, 0.6) is 0 Å². The number of benzene rings is 2. The molecule has 26 heavy (non-hydrogen) atoms. The van der Waals surface area contributed by atoms with Crippen molar-refractivity contribution >= 4 is 11.6 Å². The Kier molecular flexibility index (Phi) is 3.45. The molecule has 1 saturated carbocycles. The van der Waals surface area contributed by atoms with Gasteiger partial charge in [0.2, 0.25) is 0 Å². The fraction of sp³-hybridized carbons (Fsp3) is 0.273. The van der Waals surface area contributed by atoms with Crippen molar-refractivity contribution in [3.63, 3.8) is 0 Å². The molecule has 1 amide bonds. The molecule has 3 aromatic rings. The third-order valence-corrected chi connectivity index (χ3v) is 5.77. The molecule has 4 heteroatoms. The topological polar surface area (TPSA) is 38.1 Å². The van der Waals surface area contributed by atoms with E-state index in [4.69, 9.17) is 0 Å². The number of amides is 1. The van der Waals surface area contributed by atoms with Gasteiger partial charge in [0.05, 0.1) is 0 Å². The zero-order valence-corrected chi connectivity index (χ0v) is 14.7. The first-order chi connectivity index (χ1) is 12.7. The van der Waals surface area contributed by atoms with Gasteiger partial charge in [-0.3, -0.25) is 9.48 Å². The van der Waals surface area contributed by atoms with E-state index in [1.54, 1.807) is 0 Å². The van der Waals surface area contributed by atoms with Gasteiger partial charge in [-0.05, 0) is 41.5 Å². The molecule has 3 unspecified atom stereocenters. The van der Waals surface area contributed by atoms with E-state index in [1.807, 2.05) is 53.2 Å². The van der Waals surface area contributed by atoms with Crippen LogP contribution in [0, 0.1) is 5.92 Å². The van der Waals surface area contributed by atoms with E-state index in [0.717, 1.165) is 24.2 Å². The number of nitrogens with zero attached hydrogens (tertiary/aromatic N) is 3. The number of para-hydroxylation sites is 1. The van der Waals surface area contributed by atoms with Gasteiger partial charge in [0.15, 0.2) is 0 Å². The molecule has 0 N–H and O–H groups in total. The van der Waals surface area contributed by atoms with Crippen molar-refractivity contribution in [2.45, 2.75) is 24.8 Å². The lowest BCUT2D eigenvalue weighted by molar-refractivity contribution is -0.122. The summed E-state index contributed by atoms with van der Waals surface area (Å²) < 4.78 is 1.97. The van der Waals surface area contributed by atoms with Crippen LogP contribution in [0.2, 0.25) is 0 Å². The van der Waals surface area contributed by atoms with Gasteiger partial charge in [0.1, 0.15) is 6.04 Å². The largest absolute Gasteiger partial charge is 0.313 e. The molecular formula is C22H21N3O. The van der Waals surface area contributed by atoms with E-state index in [-0.39, 0.29) is 11.9 Å². The number of rotatable bonds is 3. The number of hydrogen-bond donors (Lipinski definition) is 0. The Labute approximate surface area is 153 Å². The highest BCUT2D eigenvalue weighted by Crippen LogP contribution is 2.58. The molecule has 1 aliphatic carbocycles. The van der Waals surface area contributed by atoms with Crippen LogP contribution in [0.25, 0.3) is 0 Å². The van der Waals surface area contributed by atoms with Crippen molar-refractivity contribution in [1.82, 2.24) is 9.78 Å². The number of likely N-dealkylation sites (N-methyl/N-ethyl adjacent to an activating group) is 1. The molecule has 0 radical (unpaired) electrons. The molecule has 2 aliphatic rings. The van der Waals surface area contributed by atoms with Crippen LogP contribution in [0.15, 0.2) is 66.9 Å². The minimum atomic E-state index is -0.217. The van der Waals surface area contributed by atoms with Crippen LogP contribution < -0.4 is 4.90 Å². The van der Waals surface area contributed by atoms with E-state index in [0.29, 0.717) is 11.8 Å². The van der Waals surface area contributed by atoms with Crippen LogP contribution in [0.1, 0.15) is 35.2 Å². The first-order valence-corrected chi connectivity index (χ1v) is 9.17. The fourth-order valence-electron chi connectivity index (χ4n) is 4.35. The smallest absolute Gasteiger partial charge is 0.251 e. The zero-order valence-electron chi connectivity index (χ0n) is 14.7. The summed E-state index contributed by atoms with van der Waals surface area (Å²) in [5.41, 5.74) is 4.68. The Bertz CT molecular complexity index is 962. The third-order valence-electron chi connectivity index (χ3n) is 5.77. The number of hydrogen-bond acceptors (Lipinski definition) is 2. The van der Waals surface area contributed by atoms with Gasteiger partial charge in [-0.25, -0.2) is 0 Å². The number of aromatic nitrogens is 2. The fourth-order valence-corrected chi connectivity index (χ4v) is 4.35. The van der Waals surface area contributed by atoms with E-state index in [1.165, 1.54) is 11.1 Å². The molecule has 4 nitrogen and oxygen atoms in total. The maximum atomic E-state index is 13.3. The summed E-state index contributed by atoms with van der Waals surface area (Å²) >= 11 is 0. The van der Waals surface area contributed by atoms with Crippen molar-refractivity contribution in [2.75, 3.05) is 11.9 Å². The van der Waals surface area contributed by atoms with Gasteiger partial charge in [-0.2, -0.15) is 5.10 Å². The summed E-state index contributed by atoms with van der Waals surface area (Å²) in [6, 6.07) is 20.5. The highest BCUT2D eigenvalue weighted by Gasteiger charge is 2.52. The molecule has 2 heterocycles. The molecule has 0 saturated heterocycles. The average Bonchev–Trinajstić information content (AvgIpc) is 3.34. The number of fused-ring (bicyclic) bond motifs is 3. The molecule has 3 atom stereocenters. The lowest BCUT2D eigenvalue weighted by Gasteiger charge is -2.24. The lowest BCUT2D eigenvalue weighted by atomic mass is 10.1. The summed E-state index contributed by atoms with van der Waals surface area (Å²) in [7, 11) is 1.89. The molecule has 2 aromatic carbocycles. The van der Waals surface area contributed by atoms with Crippen LogP contribution in [0.3, 0.4) is 0 Å². The SMILES string of the molecule is CN1C(=O)C(n2nccc2Cc2ccccc2)C2CC2c2ccccc21. The van der Waals surface area contributed by atoms with E-state index in [2.05, 4.69) is 35.4 Å². The van der Waals surface area contributed by atoms with Gasteiger partial charge in [0.25, 0.3) is 5.91 Å². The molecule has 130 valence electrons. The Morgan fingerprint density at radius 2 is 1.81 bits per heavy atom. The summed E-state index contributed by atoms with van der Waals surface area (Å²) in [6.07, 6.45) is 3.67. The second kappa shape index (κ2) is 5.84. The Balaban J connectivity index is 1.53. The van der Waals surface area contributed by atoms with Gasteiger partial charge in [-0.1, -0.05) is 48.5 Å². The zero-order chi connectivity index (χ0) is 17.7. The number of carbonyl (C=O) groups excluding carboxylic acids is 1. The van der Waals surface area contributed by atoms with Crippen LogP contribution >= 0.6 is 0 Å². The molecule has 1 aliphatic heterocycles. The maximum Gasteiger partial charge on any atom is 0.251 e. The summed E-state index contributed by atoms with van der Waals surface area (Å²) in [5, 5.41) is 4.57. The Morgan fingerprint density at radius 3 is 2.65 bits per heavy atom. The van der Waals surface area contributed by atoms with Crippen molar-refractivity contribution in [3.05, 3.63) is 83.7 Å². The van der Waals surface area contributed by atoms with Gasteiger partial charge in [-0.15, -0.1) is 0 Å². The van der Waals surface area contributed by atoms with Gasteiger partial charge >= 0.3 is 0 Å². The average molecular weight is 343 g/mol. The minimum absolute atomic E-state index is 0.139. The monoisotopic (exact) mass is 343 g/mol. The molecule has 1 fully saturated rings. The molecule has 0 spiro atoms.